The van der Waals surface area contributed by atoms with Crippen LogP contribution in [-0.2, 0) is 4.79 Å². The summed E-state index contributed by atoms with van der Waals surface area (Å²) < 4.78 is 0. The van der Waals surface area contributed by atoms with Crippen molar-refractivity contribution in [3.8, 4) is 0 Å². The highest BCUT2D eigenvalue weighted by Gasteiger charge is 2.01. The van der Waals surface area contributed by atoms with Gasteiger partial charge >= 0.3 is 5.97 Å². The Labute approximate surface area is 201 Å². The molecule has 0 aliphatic carbocycles. The van der Waals surface area contributed by atoms with Crippen LogP contribution in [0.15, 0.2) is 0 Å². The standard InChI is InChI=1S/C18H39N.C6H15N.C3H6O3/c1-2-3-4-5-6-7-8-9-10-11-12-13-14-15-16-17-18-19;1-4-7(5-2)6-3;1-2(4)3(5)6/h2-19H2,1H3;4-6H2,1-3H3;2,4H,1H3,(H,5,6). The molecule has 0 heterocycles. The molecule has 5 nitrogen and oxygen atoms in total. The molecule has 0 aliphatic heterocycles. The van der Waals surface area contributed by atoms with E-state index in [1.807, 2.05) is 0 Å². The van der Waals surface area contributed by atoms with Gasteiger partial charge in [0.25, 0.3) is 0 Å². The summed E-state index contributed by atoms with van der Waals surface area (Å²) in [5.41, 5.74) is 5.48. The Kier molecular flexibility index (Phi) is 36.5. The predicted molar refractivity (Wildman–Crippen MR) is 141 cm³/mol. The number of nitrogens with zero attached hydrogens (tertiary/aromatic N) is 1. The summed E-state index contributed by atoms with van der Waals surface area (Å²) in [6.45, 7) is 14.5. The minimum Gasteiger partial charge on any atom is -0.479 e. The van der Waals surface area contributed by atoms with Gasteiger partial charge in [-0.05, 0) is 39.5 Å². The number of unbranched alkanes of at least 4 members (excludes halogenated alkanes) is 15. The van der Waals surface area contributed by atoms with Gasteiger partial charge < -0.3 is 20.8 Å². The predicted octanol–water partition coefficient (Wildman–Crippen LogP) is 7.01. The summed E-state index contributed by atoms with van der Waals surface area (Å²) >= 11 is 0. The van der Waals surface area contributed by atoms with Gasteiger partial charge in [0.1, 0.15) is 6.10 Å². The van der Waals surface area contributed by atoms with Gasteiger partial charge in [-0.1, -0.05) is 124 Å². The third-order valence-electron chi connectivity index (χ3n) is 5.76. The smallest absolute Gasteiger partial charge is 0.332 e. The molecular weight excluding hydrogens is 400 g/mol. The SMILES string of the molecule is CC(O)C(=O)O.CCCCCCCCCCCCCCCCCCN.CCN(CC)CC. The highest BCUT2D eigenvalue weighted by molar-refractivity contribution is 5.71. The van der Waals surface area contributed by atoms with Crippen LogP contribution in [0.5, 0.6) is 0 Å². The Morgan fingerprint density at radius 1 is 0.656 bits per heavy atom. The largest absolute Gasteiger partial charge is 0.479 e. The van der Waals surface area contributed by atoms with E-state index in [9.17, 15) is 4.79 Å². The first kappa shape index (κ1) is 35.9. The highest BCUT2D eigenvalue weighted by Crippen LogP contribution is 2.13. The fraction of sp³-hybridized carbons (Fsp3) is 0.963. The summed E-state index contributed by atoms with van der Waals surface area (Å²) in [5.74, 6) is -1.19. The average Bonchev–Trinajstić information content (AvgIpc) is 2.78. The van der Waals surface area contributed by atoms with Crippen molar-refractivity contribution in [1.29, 1.82) is 0 Å². The number of carbonyl (C=O) groups is 1. The summed E-state index contributed by atoms with van der Waals surface area (Å²) in [5, 5.41) is 15.8. The number of nitrogens with two attached hydrogens (primary N) is 1. The second-order valence-corrected chi connectivity index (χ2v) is 8.73. The Morgan fingerprint density at radius 3 is 1.06 bits per heavy atom. The molecule has 0 saturated carbocycles. The lowest BCUT2D eigenvalue weighted by atomic mass is 10.0. The molecule has 32 heavy (non-hydrogen) atoms. The molecule has 0 aromatic heterocycles. The number of aliphatic hydroxyl groups excluding tert-OH is 1. The maximum Gasteiger partial charge on any atom is 0.332 e. The van der Waals surface area contributed by atoms with E-state index in [0.29, 0.717) is 0 Å². The van der Waals surface area contributed by atoms with Gasteiger partial charge in [-0.25, -0.2) is 4.79 Å². The first-order valence-electron chi connectivity index (χ1n) is 13.7. The van der Waals surface area contributed by atoms with Gasteiger partial charge in [0.05, 0.1) is 0 Å². The average molecular weight is 461 g/mol. The third kappa shape index (κ3) is 36.7. The monoisotopic (exact) mass is 460 g/mol. The molecule has 1 atom stereocenters. The molecule has 5 heteroatoms. The first-order chi connectivity index (χ1) is 15.4. The van der Waals surface area contributed by atoms with Gasteiger partial charge in [-0.3, -0.25) is 0 Å². The maximum absolute atomic E-state index is 9.45. The zero-order chi connectivity index (χ0) is 24.9. The van der Waals surface area contributed by atoms with Crippen LogP contribution in [0.3, 0.4) is 0 Å². The Morgan fingerprint density at radius 2 is 0.906 bits per heavy atom. The van der Waals surface area contributed by atoms with E-state index in [1.165, 1.54) is 129 Å². The topological polar surface area (TPSA) is 86.8 Å². The van der Waals surface area contributed by atoms with Crippen LogP contribution < -0.4 is 5.73 Å². The lowest BCUT2D eigenvalue weighted by Crippen LogP contribution is -2.21. The zero-order valence-corrected chi connectivity index (χ0v) is 22.5. The van der Waals surface area contributed by atoms with Crippen molar-refractivity contribution in [3.05, 3.63) is 0 Å². The van der Waals surface area contributed by atoms with Crippen LogP contribution in [0.25, 0.3) is 0 Å². The molecule has 0 rings (SSSR count). The molecule has 0 spiro atoms. The molecule has 196 valence electrons. The normalized spacial score (nSPS) is 11.4. The molecule has 0 aromatic rings. The zero-order valence-electron chi connectivity index (χ0n) is 22.5. The van der Waals surface area contributed by atoms with Crippen LogP contribution in [0, 0.1) is 0 Å². The van der Waals surface area contributed by atoms with E-state index >= 15 is 0 Å². The van der Waals surface area contributed by atoms with E-state index in [-0.39, 0.29) is 0 Å². The minimum atomic E-state index is -1.23. The van der Waals surface area contributed by atoms with Crippen LogP contribution in [0.1, 0.15) is 137 Å². The number of aliphatic hydroxyl groups is 1. The molecule has 0 fully saturated rings. The number of carboxylic acids is 1. The van der Waals surface area contributed by atoms with Gasteiger partial charge in [-0.2, -0.15) is 0 Å². The molecule has 0 bridgehead atoms. The van der Waals surface area contributed by atoms with Crippen LogP contribution in [-0.4, -0.2) is 53.4 Å². The molecule has 1 unspecified atom stereocenters. The van der Waals surface area contributed by atoms with Crippen LogP contribution in [0.4, 0.5) is 0 Å². The van der Waals surface area contributed by atoms with Gasteiger partial charge in [0.15, 0.2) is 0 Å². The third-order valence-corrected chi connectivity index (χ3v) is 5.76. The summed E-state index contributed by atoms with van der Waals surface area (Å²) in [4.78, 5) is 11.8. The molecule has 0 radical (unpaired) electrons. The number of carboxylic acid groups (broad SMARTS) is 1. The van der Waals surface area contributed by atoms with E-state index in [2.05, 4.69) is 32.6 Å². The fourth-order valence-electron chi connectivity index (χ4n) is 3.36. The van der Waals surface area contributed by atoms with Crippen molar-refractivity contribution in [2.45, 2.75) is 143 Å². The molecule has 0 aromatic carbocycles. The van der Waals surface area contributed by atoms with Crippen molar-refractivity contribution in [3.63, 3.8) is 0 Å². The van der Waals surface area contributed by atoms with E-state index in [1.54, 1.807) is 0 Å². The number of rotatable bonds is 20. The van der Waals surface area contributed by atoms with Crippen LogP contribution >= 0.6 is 0 Å². The first-order valence-corrected chi connectivity index (χ1v) is 13.7. The number of hydrogen-bond acceptors (Lipinski definition) is 4. The van der Waals surface area contributed by atoms with Crippen molar-refractivity contribution in [1.82, 2.24) is 4.90 Å². The summed E-state index contributed by atoms with van der Waals surface area (Å²) in [7, 11) is 0. The van der Waals surface area contributed by atoms with E-state index in [4.69, 9.17) is 15.9 Å². The number of aliphatic carboxylic acids is 1. The number of hydrogen-bond donors (Lipinski definition) is 3. The Balaban J connectivity index is -0.000000527. The second kappa shape index (κ2) is 32.5. The van der Waals surface area contributed by atoms with Gasteiger partial charge in [-0.15, -0.1) is 0 Å². The van der Waals surface area contributed by atoms with Gasteiger partial charge in [0, 0.05) is 0 Å². The molecular formula is C27H60N2O3. The summed E-state index contributed by atoms with van der Waals surface area (Å²) in [6.07, 6.45) is 21.6. The summed E-state index contributed by atoms with van der Waals surface area (Å²) in [6, 6.07) is 0. The molecule has 0 amide bonds. The fourth-order valence-corrected chi connectivity index (χ4v) is 3.36. The minimum absolute atomic E-state index is 0.873. The van der Waals surface area contributed by atoms with Crippen molar-refractivity contribution in [2.75, 3.05) is 26.2 Å². The Bertz CT molecular complexity index is 313. The lowest BCUT2D eigenvalue weighted by Gasteiger charge is -2.13. The van der Waals surface area contributed by atoms with Gasteiger partial charge in [0.2, 0.25) is 0 Å². The quantitative estimate of drug-likeness (QED) is 0.170. The maximum atomic E-state index is 9.45. The van der Waals surface area contributed by atoms with E-state index in [0.717, 1.165) is 6.54 Å². The lowest BCUT2D eigenvalue weighted by molar-refractivity contribution is -0.145. The second-order valence-electron chi connectivity index (χ2n) is 8.73. The van der Waals surface area contributed by atoms with Crippen molar-refractivity contribution < 1.29 is 15.0 Å². The van der Waals surface area contributed by atoms with Crippen molar-refractivity contribution in [2.24, 2.45) is 5.73 Å². The highest BCUT2D eigenvalue weighted by atomic mass is 16.4. The molecule has 0 saturated heterocycles. The Hall–Kier alpha value is -0.650. The van der Waals surface area contributed by atoms with Crippen LogP contribution in [0.2, 0.25) is 0 Å². The van der Waals surface area contributed by atoms with Crippen molar-refractivity contribution >= 4 is 5.97 Å². The molecule has 4 N–H and O–H groups in total. The molecule has 0 aliphatic rings. The van der Waals surface area contributed by atoms with E-state index < -0.39 is 12.1 Å².